The van der Waals surface area contributed by atoms with Crippen LogP contribution in [0.25, 0.3) is 0 Å². The molecule has 0 saturated heterocycles. The van der Waals surface area contributed by atoms with E-state index < -0.39 is 0 Å². The monoisotopic (exact) mass is 188 g/mol. The molecule has 2 heteroatoms. The van der Waals surface area contributed by atoms with E-state index in [9.17, 15) is 0 Å². The summed E-state index contributed by atoms with van der Waals surface area (Å²) in [6.07, 6.45) is 2.70. The van der Waals surface area contributed by atoms with Crippen molar-refractivity contribution in [3.05, 3.63) is 29.3 Å². The molecule has 1 heterocycles. The van der Waals surface area contributed by atoms with E-state index in [1.807, 2.05) is 6.07 Å². The van der Waals surface area contributed by atoms with Crippen molar-refractivity contribution in [2.45, 2.75) is 38.4 Å². The van der Waals surface area contributed by atoms with Gasteiger partial charge in [-0.2, -0.15) is 0 Å². The van der Waals surface area contributed by atoms with Gasteiger partial charge in [0.2, 0.25) is 0 Å². The molecule has 0 spiro atoms. The zero-order chi connectivity index (χ0) is 9.76. The normalized spacial score (nSPS) is 23.5. The molecule has 0 amide bonds. The van der Waals surface area contributed by atoms with E-state index in [-0.39, 0.29) is 0 Å². The lowest BCUT2D eigenvalue weighted by Crippen LogP contribution is -2.29. The fourth-order valence-corrected chi connectivity index (χ4v) is 2.33. The maximum absolute atomic E-state index is 5.97. The molecule has 1 aliphatic heterocycles. The Balaban J connectivity index is 1.94. The van der Waals surface area contributed by atoms with E-state index in [1.54, 1.807) is 0 Å². The molecular formula is C12H16N2. The molecular weight excluding hydrogens is 172 g/mol. The Hall–Kier alpha value is -1.02. The maximum Gasteiger partial charge on any atom is 0.0363 e. The van der Waals surface area contributed by atoms with E-state index in [0.29, 0.717) is 5.54 Å². The Bertz CT molecular complexity index is 380. The van der Waals surface area contributed by atoms with Crippen LogP contribution in [0.4, 0.5) is 5.69 Å². The number of nitrogens with zero attached hydrogens (tertiary/aromatic N) is 1. The highest BCUT2D eigenvalue weighted by Crippen LogP contribution is 2.45. The summed E-state index contributed by atoms with van der Waals surface area (Å²) in [5.41, 5.74) is 10.2. The fourth-order valence-electron chi connectivity index (χ4n) is 2.33. The average molecular weight is 188 g/mol. The number of benzene rings is 1. The van der Waals surface area contributed by atoms with Crippen molar-refractivity contribution in [2.24, 2.45) is 0 Å². The number of hydrogen-bond acceptors (Lipinski definition) is 2. The first-order chi connectivity index (χ1) is 6.69. The zero-order valence-electron chi connectivity index (χ0n) is 8.59. The van der Waals surface area contributed by atoms with Gasteiger partial charge < -0.3 is 5.73 Å². The van der Waals surface area contributed by atoms with Crippen molar-refractivity contribution in [1.29, 1.82) is 0 Å². The van der Waals surface area contributed by atoms with Gasteiger partial charge in [0.1, 0.15) is 0 Å². The Morgan fingerprint density at radius 3 is 2.71 bits per heavy atom. The van der Waals surface area contributed by atoms with Crippen LogP contribution in [0.3, 0.4) is 0 Å². The molecule has 1 saturated carbocycles. The van der Waals surface area contributed by atoms with Gasteiger partial charge in [0.25, 0.3) is 0 Å². The lowest BCUT2D eigenvalue weighted by molar-refractivity contribution is 0.194. The summed E-state index contributed by atoms with van der Waals surface area (Å²) < 4.78 is 0. The first kappa shape index (κ1) is 8.30. The predicted molar refractivity (Wildman–Crippen MR) is 57.7 cm³/mol. The summed E-state index contributed by atoms with van der Waals surface area (Å²) in [6, 6.07) is 6.28. The van der Waals surface area contributed by atoms with E-state index >= 15 is 0 Å². The number of anilines is 1. The van der Waals surface area contributed by atoms with Gasteiger partial charge in [0.15, 0.2) is 0 Å². The molecule has 2 aliphatic rings. The van der Waals surface area contributed by atoms with Gasteiger partial charge in [0.05, 0.1) is 0 Å². The first-order valence-corrected chi connectivity index (χ1v) is 5.30. The second-order valence-corrected chi connectivity index (χ2v) is 4.84. The summed E-state index contributed by atoms with van der Waals surface area (Å²) in [7, 11) is 0. The van der Waals surface area contributed by atoms with Gasteiger partial charge in [-0.25, -0.2) is 0 Å². The summed E-state index contributed by atoms with van der Waals surface area (Å²) in [4.78, 5) is 2.56. The molecule has 1 fully saturated rings. The number of hydrogen-bond donors (Lipinski definition) is 1. The zero-order valence-corrected chi connectivity index (χ0v) is 8.59. The van der Waals surface area contributed by atoms with Crippen LogP contribution in [0.1, 0.15) is 30.9 Å². The topological polar surface area (TPSA) is 29.3 Å². The van der Waals surface area contributed by atoms with Crippen molar-refractivity contribution in [3.8, 4) is 0 Å². The lowest BCUT2D eigenvalue weighted by atomic mass is 10.1. The van der Waals surface area contributed by atoms with E-state index in [0.717, 1.165) is 18.8 Å². The molecule has 0 bridgehead atoms. The molecule has 0 unspecified atom stereocenters. The third-order valence-corrected chi connectivity index (χ3v) is 3.76. The smallest absolute Gasteiger partial charge is 0.0363 e. The summed E-state index contributed by atoms with van der Waals surface area (Å²) >= 11 is 0. The highest BCUT2D eigenvalue weighted by Gasteiger charge is 2.45. The molecule has 1 aliphatic carbocycles. The van der Waals surface area contributed by atoms with Crippen LogP contribution in [-0.4, -0.2) is 10.4 Å². The van der Waals surface area contributed by atoms with Crippen molar-refractivity contribution >= 4 is 5.69 Å². The lowest BCUT2D eigenvalue weighted by Gasteiger charge is -2.22. The number of nitrogen functional groups attached to an aromatic ring is 1. The molecule has 3 rings (SSSR count). The minimum absolute atomic E-state index is 0.478. The molecule has 1 aromatic rings. The van der Waals surface area contributed by atoms with Gasteiger partial charge in [-0.1, -0.05) is 12.1 Å². The maximum atomic E-state index is 5.97. The van der Waals surface area contributed by atoms with Crippen molar-refractivity contribution in [3.63, 3.8) is 0 Å². The molecule has 1 aromatic carbocycles. The van der Waals surface area contributed by atoms with Crippen molar-refractivity contribution < 1.29 is 0 Å². The highest BCUT2D eigenvalue weighted by molar-refractivity contribution is 5.52. The summed E-state index contributed by atoms with van der Waals surface area (Å²) in [5.74, 6) is 0. The van der Waals surface area contributed by atoms with Crippen LogP contribution in [0.15, 0.2) is 18.2 Å². The third-order valence-electron chi connectivity index (χ3n) is 3.76. The number of nitrogens with two attached hydrogens (primary N) is 1. The largest absolute Gasteiger partial charge is 0.398 e. The first-order valence-electron chi connectivity index (χ1n) is 5.30. The minimum Gasteiger partial charge on any atom is -0.398 e. The summed E-state index contributed by atoms with van der Waals surface area (Å²) in [5, 5.41) is 0. The molecule has 14 heavy (non-hydrogen) atoms. The second-order valence-electron chi connectivity index (χ2n) is 4.84. The van der Waals surface area contributed by atoms with Crippen LogP contribution in [0.2, 0.25) is 0 Å². The quantitative estimate of drug-likeness (QED) is 0.684. The second kappa shape index (κ2) is 2.51. The number of rotatable bonds is 1. The Morgan fingerprint density at radius 2 is 2.07 bits per heavy atom. The van der Waals surface area contributed by atoms with Crippen LogP contribution >= 0.6 is 0 Å². The third kappa shape index (κ3) is 1.07. The summed E-state index contributed by atoms with van der Waals surface area (Å²) in [6.45, 7) is 4.50. The van der Waals surface area contributed by atoms with Gasteiger partial charge in [-0.05, 0) is 37.0 Å². The minimum atomic E-state index is 0.478. The molecule has 0 radical (unpaired) electrons. The predicted octanol–water partition coefficient (Wildman–Crippen LogP) is 2.14. The van der Waals surface area contributed by atoms with Crippen LogP contribution in [0, 0.1) is 0 Å². The van der Waals surface area contributed by atoms with Crippen LogP contribution in [-0.2, 0) is 13.1 Å². The molecule has 0 atom stereocenters. The average Bonchev–Trinajstić information content (AvgIpc) is 2.77. The van der Waals surface area contributed by atoms with E-state index in [1.165, 1.54) is 24.0 Å². The highest BCUT2D eigenvalue weighted by atomic mass is 15.2. The van der Waals surface area contributed by atoms with Crippen LogP contribution < -0.4 is 5.73 Å². The molecule has 0 aromatic heterocycles. The van der Waals surface area contributed by atoms with Gasteiger partial charge >= 0.3 is 0 Å². The standard InChI is InChI=1S/C12H16N2/c1-12(5-6-12)14-7-9-3-2-4-11(13)10(9)8-14/h2-4H,5-8,13H2,1H3. The van der Waals surface area contributed by atoms with Gasteiger partial charge in [0, 0.05) is 24.3 Å². The van der Waals surface area contributed by atoms with Crippen molar-refractivity contribution in [1.82, 2.24) is 4.90 Å². The fraction of sp³-hybridized carbons (Fsp3) is 0.500. The Labute approximate surface area is 84.7 Å². The molecule has 74 valence electrons. The number of fused-ring (bicyclic) bond motifs is 1. The van der Waals surface area contributed by atoms with Gasteiger partial charge in [-0.15, -0.1) is 0 Å². The van der Waals surface area contributed by atoms with Crippen LogP contribution in [0.5, 0.6) is 0 Å². The SMILES string of the molecule is CC1(N2Cc3cccc(N)c3C2)CC1. The molecule has 2 nitrogen and oxygen atoms in total. The Morgan fingerprint density at radius 1 is 1.29 bits per heavy atom. The van der Waals surface area contributed by atoms with Gasteiger partial charge in [-0.3, -0.25) is 4.90 Å². The Kier molecular flexibility index (Phi) is 1.49. The van der Waals surface area contributed by atoms with E-state index in [4.69, 9.17) is 5.73 Å². The van der Waals surface area contributed by atoms with E-state index in [2.05, 4.69) is 24.0 Å². The molecule has 2 N–H and O–H groups in total. The van der Waals surface area contributed by atoms with Crippen molar-refractivity contribution in [2.75, 3.05) is 5.73 Å².